The molecule has 0 bridgehead atoms. The van der Waals surface area contributed by atoms with Gasteiger partial charge in [0.15, 0.2) is 0 Å². The average molecular weight is 255 g/mol. The standard InChI is InChI=1S/C18H38/c1-7-9-11-15(3)14-16(4)12-10-13-18(6)17(5)8-2/h15-18H,7-14H2,1-6H3. The van der Waals surface area contributed by atoms with Crippen LogP contribution in [0.4, 0.5) is 0 Å². The van der Waals surface area contributed by atoms with Crippen molar-refractivity contribution in [3.63, 3.8) is 0 Å². The molecule has 0 amide bonds. The first kappa shape index (κ1) is 18.0. The van der Waals surface area contributed by atoms with Gasteiger partial charge in [0.05, 0.1) is 0 Å². The van der Waals surface area contributed by atoms with Crippen LogP contribution in [0.3, 0.4) is 0 Å². The molecule has 0 aromatic carbocycles. The van der Waals surface area contributed by atoms with E-state index in [-0.39, 0.29) is 0 Å². The van der Waals surface area contributed by atoms with E-state index in [0.29, 0.717) is 0 Å². The first-order valence-electron chi connectivity index (χ1n) is 8.51. The van der Waals surface area contributed by atoms with Crippen molar-refractivity contribution in [3.05, 3.63) is 0 Å². The van der Waals surface area contributed by atoms with Crippen LogP contribution in [0.25, 0.3) is 0 Å². The van der Waals surface area contributed by atoms with Crippen molar-refractivity contribution in [2.24, 2.45) is 23.7 Å². The van der Waals surface area contributed by atoms with Gasteiger partial charge < -0.3 is 0 Å². The molecule has 0 aromatic heterocycles. The Morgan fingerprint density at radius 3 is 1.72 bits per heavy atom. The molecular formula is C18H38. The molecule has 18 heavy (non-hydrogen) atoms. The second-order valence-corrected chi connectivity index (χ2v) is 6.88. The van der Waals surface area contributed by atoms with Crippen LogP contribution >= 0.6 is 0 Å². The molecule has 0 saturated heterocycles. The van der Waals surface area contributed by atoms with E-state index in [2.05, 4.69) is 41.5 Å². The maximum atomic E-state index is 2.45. The number of hydrogen-bond acceptors (Lipinski definition) is 0. The summed E-state index contributed by atoms with van der Waals surface area (Å²) >= 11 is 0. The minimum Gasteiger partial charge on any atom is -0.0654 e. The fourth-order valence-corrected chi connectivity index (χ4v) is 2.95. The zero-order chi connectivity index (χ0) is 14.0. The lowest BCUT2D eigenvalue weighted by Crippen LogP contribution is -2.08. The number of rotatable bonds is 11. The summed E-state index contributed by atoms with van der Waals surface area (Å²) in [6.07, 6.45) is 11.3. The molecule has 4 atom stereocenters. The molecule has 0 radical (unpaired) electrons. The fourth-order valence-electron chi connectivity index (χ4n) is 2.95. The van der Waals surface area contributed by atoms with Crippen LogP contribution in [0.1, 0.15) is 92.9 Å². The van der Waals surface area contributed by atoms with E-state index in [1.807, 2.05) is 0 Å². The summed E-state index contributed by atoms with van der Waals surface area (Å²) in [5.74, 6) is 3.69. The minimum absolute atomic E-state index is 0.906. The quantitative estimate of drug-likeness (QED) is 0.385. The average Bonchev–Trinajstić information content (AvgIpc) is 2.34. The second-order valence-electron chi connectivity index (χ2n) is 6.88. The van der Waals surface area contributed by atoms with Gasteiger partial charge in [-0.15, -0.1) is 0 Å². The van der Waals surface area contributed by atoms with Crippen molar-refractivity contribution in [3.8, 4) is 0 Å². The third-order valence-electron chi connectivity index (χ3n) is 4.83. The van der Waals surface area contributed by atoms with Crippen LogP contribution in [0.5, 0.6) is 0 Å². The van der Waals surface area contributed by atoms with Crippen LogP contribution in [0, 0.1) is 23.7 Å². The van der Waals surface area contributed by atoms with E-state index in [4.69, 9.17) is 0 Å². The summed E-state index contributed by atoms with van der Waals surface area (Å²) in [6.45, 7) is 14.3. The fraction of sp³-hybridized carbons (Fsp3) is 1.00. The predicted molar refractivity (Wildman–Crippen MR) is 84.9 cm³/mol. The van der Waals surface area contributed by atoms with Gasteiger partial charge in [0.2, 0.25) is 0 Å². The van der Waals surface area contributed by atoms with Crippen LogP contribution in [-0.4, -0.2) is 0 Å². The van der Waals surface area contributed by atoms with Gasteiger partial charge in [-0.25, -0.2) is 0 Å². The lowest BCUT2D eigenvalue weighted by molar-refractivity contribution is 0.315. The van der Waals surface area contributed by atoms with Gasteiger partial charge >= 0.3 is 0 Å². The first-order valence-corrected chi connectivity index (χ1v) is 8.51. The molecule has 0 rings (SSSR count). The summed E-state index contributed by atoms with van der Waals surface area (Å²) in [6, 6.07) is 0. The molecule has 0 saturated carbocycles. The molecule has 0 heteroatoms. The Morgan fingerprint density at radius 1 is 0.667 bits per heavy atom. The van der Waals surface area contributed by atoms with Crippen molar-refractivity contribution in [1.82, 2.24) is 0 Å². The topological polar surface area (TPSA) is 0 Å². The van der Waals surface area contributed by atoms with Gasteiger partial charge in [-0.1, -0.05) is 86.5 Å². The molecule has 0 aliphatic rings. The van der Waals surface area contributed by atoms with Gasteiger partial charge in [0, 0.05) is 0 Å². The summed E-state index contributed by atoms with van der Waals surface area (Å²) in [5.41, 5.74) is 0. The van der Waals surface area contributed by atoms with Gasteiger partial charge in [0.25, 0.3) is 0 Å². The number of hydrogen-bond donors (Lipinski definition) is 0. The van der Waals surface area contributed by atoms with Gasteiger partial charge in [0.1, 0.15) is 0 Å². The Kier molecular flexibility index (Phi) is 10.9. The monoisotopic (exact) mass is 254 g/mol. The molecule has 0 aliphatic heterocycles. The molecule has 4 unspecified atom stereocenters. The highest BCUT2D eigenvalue weighted by Gasteiger charge is 2.12. The van der Waals surface area contributed by atoms with Crippen molar-refractivity contribution in [2.45, 2.75) is 92.9 Å². The van der Waals surface area contributed by atoms with E-state index in [0.717, 1.165) is 23.7 Å². The normalized spacial score (nSPS) is 18.3. The summed E-state index contributed by atoms with van der Waals surface area (Å²) < 4.78 is 0. The van der Waals surface area contributed by atoms with Crippen molar-refractivity contribution >= 4 is 0 Å². The summed E-state index contributed by atoms with van der Waals surface area (Å²) in [7, 11) is 0. The van der Waals surface area contributed by atoms with E-state index in [1.54, 1.807) is 0 Å². The largest absolute Gasteiger partial charge is 0.0654 e. The van der Waals surface area contributed by atoms with E-state index in [1.165, 1.54) is 51.4 Å². The van der Waals surface area contributed by atoms with Gasteiger partial charge in [-0.3, -0.25) is 0 Å². The van der Waals surface area contributed by atoms with Crippen LogP contribution in [-0.2, 0) is 0 Å². The summed E-state index contributed by atoms with van der Waals surface area (Å²) in [5, 5.41) is 0. The van der Waals surface area contributed by atoms with Crippen molar-refractivity contribution in [2.75, 3.05) is 0 Å². The smallest absolute Gasteiger partial charge is 0.0417 e. The maximum Gasteiger partial charge on any atom is -0.0417 e. The molecule has 0 nitrogen and oxygen atoms in total. The Hall–Kier alpha value is 0. The van der Waals surface area contributed by atoms with Crippen molar-refractivity contribution in [1.29, 1.82) is 0 Å². The Morgan fingerprint density at radius 2 is 1.22 bits per heavy atom. The van der Waals surface area contributed by atoms with Gasteiger partial charge in [-0.05, 0) is 30.1 Å². The Balaban J connectivity index is 3.60. The van der Waals surface area contributed by atoms with Gasteiger partial charge in [-0.2, -0.15) is 0 Å². The highest BCUT2D eigenvalue weighted by atomic mass is 14.2. The second kappa shape index (κ2) is 10.9. The predicted octanol–water partition coefficient (Wildman–Crippen LogP) is 6.69. The van der Waals surface area contributed by atoms with Crippen LogP contribution in [0.2, 0.25) is 0 Å². The van der Waals surface area contributed by atoms with E-state index < -0.39 is 0 Å². The van der Waals surface area contributed by atoms with Crippen LogP contribution < -0.4 is 0 Å². The van der Waals surface area contributed by atoms with Crippen molar-refractivity contribution < 1.29 is 0 Å². The molecular weight excluding hydrogens is 216 g/mol. The molecule has 0 aromatic rings. The first-order chi connectivity index (χ1) is 8.51. The lowest BCUT2D eigenvalue weighted by Gasteiger charge is -2.20. The molecule has 0 heterocycles. The molecule has 0 N–H and O–H groups in total. The SMILES string of the molecule is CCCCC(C)CC(C)CCCC(C)C(C)CC. The number of unbranched alkanes of at least 4 members (excludes halogenated alkanes) is 1. The third-order valence-corrected chi connectivity index (χ3v) is 4.83. The minimum atomic E-state index is 0.906. The zero-order valence-electron chi connectivity index (χ0n) is 14.0. The Labute approximate surface area is 117 Å². The molecule has 0 aliphatic carbocycles. The highest BCUT2D eigenvalue weighted by Crippen LogP contribution is 2.25. The molecule has 0 spiro atoms. The molecule has 110 valence electrons. The summed E-state index contributed by atoms with van der Waals surface area (Å²) in [4.78, 5) is 0. The van der Waals surface area contributed by atoms with E-state index in [9.17, 15) is 0 Å². The lowest BCUT2D eigenvalue weighted by atomic mass is 9.86. The highest BCUT2D eigenvalue weighted by molar-refractivity contribution is 4.64. The van der Waals surface area contributed by atoms with Crippen LogP contribution in [0.15, 0.2) is 0 Å². The third kappa shape index (κ3) is 9.00. The maximum absolute atomic E-state index is 2.45. The molecule has 0 fully saturated rings. The zero-order valence-corrected chi connectivity index (χ0v) is 14.0. The van der Waals surface area contributed by atoms with E-state index >= 15 is 0 Å². The Bertz CT molecular complexity index is 173.